The number of benzene rings is 1. The molecule has 0 saturated heterocycles. The Morgan fingerprint density at radius 3 is 2.71 bits per heavy atom. The zero-order valence-corrected chi connectivity index (χ0v) is 16.9. The van der Waals surface area contributed by atoms with Crippen LogP contribution < -0.4 is 10.6 Å². The first-order chi connectivity index (χ1) is 11.0. The van der Waals surface area contributed by atoms with Crippen LogP contribution in [0, 0.1) is 18.6 Å². The number of aromatic nitrogens is 1. The predicted octanol–water partition coefficient (Wildman–Crippen LogP) is 3.82. The Kier molecular flexibility index (Phi) is 8.54. The van der Waals surface area contributed by atoms with Crippen molar-refractivity contribution >= 4 is 41.3 Å². The van der Waals surface area contributed by atoms with E-state index in [2.05, 4.69) is 20.6 Å². The van der Waals surface area contributed by atoms with Crippen molar-refractivity contribution in [3.63, 3.8) is 0 Å². The second kappa shape index (κ2) is 9.87. The van der Waals surface area contributed by atoms with Crippen LogP contribution in [0.4, 0.5) is 8.78 Å². The van der Waals surface area contributed by atoms with E-state index in [4.69, 9.17) is 0 Å². The Bertz CT molecular complexity index is 690. The zero-order chi connectivity index (χ0) is 16.8. The van der Waals surface area contributed by atoms with E-state index in [9.17, 15) is 8.78 Å². The Hall–Kier alpha value is -1.29. The van der Waals surface area contributed by atoms with Crippen molar-refractivity contribution in [2.75, 3.05) is 13.6 Å². The summed E-state index contributed by atoms with van der Waals surface area (Å²) in [6.07, 6.45) is 2.64. The van der Waals surface area contributed by atoms with Gasteiger partial charge in [0.15, 0.2) is 5.96 Å². The van der Waals surface area contributed by atoms with E-state index in [1.165, 1.54) is 17.0 Å². The average Bonchev–Trinajstić information content (AvgIpc) is 2.91. The van der Waals surface area contributed by atoms with Gasteiger partial charge in [0.25, 0.3) is 0 Å². The summed E-state index contributed by atoms with van der Waals surface area (Å²) in [6.45, 7) is 4.49. The van der Waals surface area contributed by atoms with Gasteiger partial charge in [-0.05, 0) is 19.9 Å². The van der Waals surface area contributed by atoms with Crippen LogP contribution in [0.1, 0.15) is 28.4 Å². The van der Waals surface area contributed by atoms with Crippen molar-refractivity contribution in [1.29, 1.82) is 0 Å². The molecule has 1 atom stereocenters. The van der Waals surface area contributed by atoms with E-state index < -0.39 is 11.6 Å². The number of aryl methyl sites for hydroxylation is 1. The quantitative estimate of drug-likeness (QED) is 0.400. The monoisotopic (exact) mass is 466 g/mol. The molecule has 0 fully saturated rings. The fourth-order valence-electron chi connectivity index (χ4n) is 2.13. The molecule has 8 heteroatoms. The highest BCUT2D eigenvalue weighted by atomic mass is 127. The summed E-state index contributed by atoms with van der Waals surface area (Å²) in [6, 6.07) is 3.24. The third-order valence-electron chi connectivity index (χ3n) is 3.31. The number of hydrogen-bond acceptors (Lipinski definition) is 3. The third-order valence-corrected chi connectivity index (χ3v) is 4.28. The summed E-state index contributed by atoms with van der Waals surface area (Å²) in [5.74, 6) is -0.590. The van der Waals surface area contributed by atoms with Crippen molar-refractivity contribution in [1.82, 2.24) is 15.6 Å². The number of nitrogens with zero attached hydrogens (tertiary/aromatic N) is 2. The number of guanidine groups is 1. The lowest BCUT2D eigenvalue weighted by molar-refractivity contribution is 0.551. The number of aliphatic imine (C=N–C) groups is 1. The molecular formula is C16H21F2IN4S. The van der Waals surface area contributed by atoms with E-state index >= 15 is 0 Å². The SMILES string of the molecule is CN=C(NCCc1ncc(C)s1)NC(C)c1ccc(F)cc1F.I. The van der Waals surface area contributed by atoms with E-state index in [-0.39, 0.29) is 30.0 Å². The largest absolute Gasteiger partial charge is 0.356 e. The van der Waals surface area contributed by atoms with Crippen LogP contribution in [0.2, 0.25) is 0 Å². The molecule has 4 nitrogen and oxygen atoms in total. The molecular weight excluding hydrogens is 445 g/mol. The first-order valence-corrected chi connectivity index (χ1v) is 8.14. The lowest BCUT2D eigenvalue weighted by Crippen LogP contribution is -2.39. The number of halogens is 3. The summed E-state index contributed by atoms with van der Waals surface area (Å²) in [5, 5.41) is 7.32. The minimum Gasteiger partial charge on any atom is -0.356 e. The van der Waals surface area contributed by atoms with Crippen LogP contribution in [-0.4, -0.2) is 24.5 Å². The molecule has 1 aromatic carbocycles. The Balaban J connectivity index is 0.00000288. The molecule has 0 aliphatic heterocycles. The van der Waals surface area contributed by atoms with Gasteiger partial charge in [-0.3, -0.25) is 4.99 Å². The van der Waals surface area contributed by atoms with Gasteiger partial charge >= 0.3 is 0 Å². The first kappa shape index (κ1) is 20.8. The predicted molar refractivity (Wildman–Crippen MR) is 105 cm³/mol. The number of hydrogen-bond donors (Lipinski definition) is 2. The van der Waals surface area contributed by atoms with Gasteiger partial charge in [0, 0.05) is 42.7 Å². The Morgan fingerprint density at radius 1 is 1.38 bits per heavy atom. The molecule has 1 aromatic heterocycles. The number of rotatable bonds is 5. The molecule has 1 unspecified atom stereocenters. The Labute approximate surface area is 161 Å². The summed E-state index contributed by atoms with van der Waals surface area (Å²) < 4.78 is 26.8. The van der Waals surface area contributed by atoms with E-state index in [1.54, 1.807) is 25.3 Å². The average molecular weight is 466 g/mol. The molecule has 0 aliphatic rings. The minimum atomic E-state index is -0.584. The van der Waals surface area contributed by atoms with Crippen LogP contribution in [0.25, 0.3) is 0 Å². The third kappa shape index (κ3) is 5.97. The minimum absolute atomic E-state index is 0. The lowest BCUT2D eigenvalue weighted by atomic mass is 10.1. The van der Waals surface area contributed by atoms with Crippen LogP contribution in [0.3, 0.4) is 0 Å². The van der Waals surface area contributed by atoms with Gasteiger partial charge in [0.05, 0.1) is 11.0 Å². The maximum Gasteiger partial charge on any atom is 0.191 e. The van der Waals surface area contributed by atoms with Crippen molar-refractivity contribution in [3.05, 3.63) is 51.5 Å². The van der Waals surface area contributed by atoms with Crippen LogP contribution in [0.15, 0.2) is 29.4 Å². The summed E-state index contributed by atoms with van der Waals surface area (Å²) >= 11 is 1.66. The van der Waals surface area contributed by atoms with Crippen molar-refractivity contribution in [2.24, 2.45) is 4.99 Å². The second-order valence-corrected chi connectivity index (χ2v) is 6.46. The second-order valence-electron chi connectivity index (χ2n) is 5.15. The summed E-state index contributed by atoms with van der Waals surface area (Å²) in [4.78, 5) is 9.60. The van der Waals surface area contributed by atoms with Gasteiger partial charge in [-0.25, -0.2) is 13.8 Å². The fraction of sp³-hybridized carbons (Fsp3) is 0.375. The van der Waals surface area contributed by atoms with Gasteiger partial charge in [0.1, 0.15) is 11.6 Å². The van der Waals surface area contributed by atoms with Gasteiger partial charge < -0.3 is 10.6 Å². The molecule has 24 heavy (non-hydrogen) atoms. The van der Waals surface area contributed by atoms with Gasteiger partial charge in [-0.1, -0.05) is 6.07 Å². The number of nitrogens with one attached hydrogen (secondary N) is 2. The van der Waals surface area contributed by atoms with Crippen molar-refractivity contribution in [3.8, 4) is 0 Å². The van der Waals surface area contributed by atoms with Crippen LogP contribution in [-0.2, 0) is 6.42 Å². The van der Waals surface area contributed by atoms with Crippen molar-refractivity contribution in [2.45, 2.75) is 26.3 Å². The molecule has 0 amide bonds. The molecule has 2 aromatic rings. The first-order valence-electron chi connectivity index (χ1n) is 7.33. The topological polar surface area (TPSA) is 49.3 Å². The zero-order valence-electron chi connectivity index (χ0n) is 13.8. The maximum absolute atomic E-state index is 13.8. The lowest BCUT2D eigenvalue weighted by Gasteiger charge is -2.18. The fourth-order valence-corrected chi connectivity index (χ4v) is 2.92. The van der Waals surface area contributed by atoms with Gasteiger partial charge in [-0.2, -0.15) is 0 Å². The van der Waals surface area contributed by atoms with E-state index in [0.29, 0.717) is 18.1 Å². The molecule has 2 N–H and O–H groups in total. The molecule has 0 bridgehead atoms. The molecule has 0 spiro atoms. The highest BCUT2D eigenvalue weighted by Crippen LogP contribution is 2.17. The maximum atomic E-state index is 13.8. The Morgan fingerprint density at radius 2 is 2.12 bits per heavy atom. The van der Waals surface area contributed by atoms with Crippen LogP contribution in [0.5, 0.6) is 0 Å². The molecule has 2 rings (SSSR count). The van der Waals surface area contributed by atoms with Gasteiger partial charge in [0.2, 0.25) is 0 Å². The molecule has 0 radical (unpaired) electrons. The normalized spacial score (nSPS) is 12.5. The van der Waals surface area contributed by atoms with Crippen LogP contribution >= 0.6 is 35.3 Å². The van der Waals surface area contributed by atoms with E-state index in [1.807, 2.05) is 13.1 Å². The summed E-state index contributed by atoms with van der Waals surface area (Å²) in [7, 11) is 1.65. The number of thiazole rings is 1. The van der Waals surface area contributed by atoms with Gasteiger partial charge in [-0.15, -0.1) is 35.3 Å². The standard InChI is InChI=1S/C16H20F2N4S.HI/c1-10-9-21-15(23-10)6-7-20-16(19-3)22-11(2)13-5-4-12(17)8-14(13)18;/h4-5,8-9,11H,6-7H2,1-3H3,(H2,19,20,22);1H. The smallest absolute Gasteiger partial charge is 0.191 e. The molecule has 0 saturated carbocycles. The highest BCUT2D eigenvalue weighted by molar-refractivity contribution is 14.0. The summed E-state index contributed by atoms with van der Waals surface area (Å²) in [5.41, 5.74) is 0.393. The molecule has 132 valence electrons. The highest BCUT2D eigenvalue weighted by Gasteiger charge is 2.13. The van der Waals surface area contributed by atoms with E-state index in [0.717, 1.165) is 17.5 Å². The molecule has 0 aliphatic carbocycles. The molecule has 1 heterocycles. The van der Waals surface area contributed by atoms with Crippen molar-refractivity contribution < 1.29 is 8.78 Å².